The molecule has 80 valence electrons. The molecule has 0 aliphatic heterocycles. The highest BCUT2D eigenvalue weighted by atomic mass is 32.7. The molecule has 0 bridgehead atoms. The third-order valence-corrected chi connectivity index (χ3v) is 4.47. The summed E-state index contributed by atoms with van der Waals surface area (Å²) in [5, 5.41) is 0. The van der Waals surface area contributed by atoms with Crippen LogP contribution in [0.3, 0.4) is 0 Å². The van der Waals surface area contributed by atoms with Crippen LogP contribution in [-0.2, 0) is 10.3 Å². The van der Waals surface area contributed by atoms with Gasteiger partial charge in [-0.05, 0) is 23.0 Å². The molecule has 5 nitrogen and oxygen atoms in total. The van der Waals surface area contributed by atoms with Crippen molar-refractivity contribution < 1.29 is 14.4 Å². The van der Waals surface area contributed by atoms with Gasteiger partial charge in [-0.3, -0.25) is 0 Å². The molecular weight excluding hydrogens is 255 g/mol. The van der Waals surface area contributed by atoms with E-state index >= 15 is 0 Å². The SMILES string of the molecule is O=P(O)(O)SCc1cccc2nsnc12. The molecule has 0 atom stereocenters. The van der Waals surface area contributed by atoms with E-state index in [9.17, 15) is 4.57 Å². The Balaban J connectivity index is 2.28. The quantitative estimate of drug-likeness (QED) is 0.823. The Morgan fingerprint density at radius 3 is 2.93 bits per heavy atom. The second-order valence-corrected chi connectivity index (χ2v) is 7.07. The van der Waals surface area contributed by atoms with Gasteiger partial charge in [0.25, 0.3) is 0 Å². The molecule has 8 heteroatoms. The average molecular weight is 262 g/mol. The molecule has 0 fully saturated rings. The van der Waals surface area contributed by atoms with E-state index in [2.05, 4.69) is 8.75 Å². The Morgan fingerprint density at radius 2 is 2.20 bits per heavy atom. The maximum Gasteiger partial charge on any atom is 0.384 e. The minimum Gasteiger partial charge on any atom is -0.317 e. The number of aromatic nitrogens is 2. The Hall–Kier alpha value is -0.460. The lowest BCUT2D eigenvalue weighted by Crippen LogP contribution is -1.83. The van der Waals surface area contributed by atoms with Gasteiger partial charge in [-0.1, -0.05) is 12.1 Å². The van der Waals surface area contributed by atoms with Gasteiger partial charge in [-0.2, -0.15) is 8.75 Å². The van der Waals surface area contributed by atoms with E-state index in [4.69, 9.17) is 9.79 Å². The number of rotatable bonds is 3. The standard InChI is InChI=1S/C7H7N2O3PS2/c10-13(11,12)14-4-5-2-1-3-6-7(5)9-15-8-6/h1-3H,4H2,(H2,10,11,12). The van der Waals surface area contributed by atoms with Crippen molar-refractivity contribution >= 4 is 40.9 Å². The van der Waals surface area contributed by atoms with Crippen molar-refractivity contribution in [3.63, 3.8) is 0 Å². The van der Waals surface area contributed by atoms with Gasteiger partial charge in [-0.15, -0.1) is 0 Å². The summed E-state index contributed by atoms with van der Waals surface area (Å²) in [6.07, 6.45) is 0. The number of fused-ring (bicyclic) bond motifs is 1. The molecule has 0 radical (unpaired) electrons. The fourth-order valence-electron chi connectivity index (χ4n) is 1.13. The van der Waals surface area contributed by atoms with Crippen LogP contribution in [0.4, 0.5) is 0 Å². The van der Waals surface area contributed by atoms with E-state index in [0.29, 0.717) is 11.4 Å². The third-order valence-electron chi connectivity index (χ3n) is 1.76. The van der Waals surface area contributed by atoms with Crippen molar-refractivity contribution in [3.05, 3.63) is 23.8 Å². The van der Waals surface area contributed by atoms with Crippen LogP contribution in [0.5, 0.6) is 0 Å². The molecule has 0 saturated heterocycles. The van der Waals surface area contributed by atoms with Crippen molar-refractivity contribution in [2.24, 2.45) is 0 Å². The van der Waals surface area contributed by atoms with E-state index in [-0.39, 0.29) is 5.75 Å². The highest BCUT2D eigenvalue weighted by Gasteiger charge is 2.15. The zero-order valence-electron chi connectivity index (χ0n) is 7.40. The maximum atomic E-state index is 10.7. The Labute approximate surface area is 93.8 Å². The van der Waals surface area contributed by atoms with E-state index in [1.54, 1.807) is 12.1 Å². The first-order chi connectivity index (χ1) is 7.06. The van der Waals surface area contributed by atoms with Gasteiger partial charge in [0.2, 0.25) is 0 Å². The van der Waals surface area contributed by atoms with Gasteiger partial charge >= 0.3 is 6.80 Å². The van der Waals surface area contributed by atoms with Gasteiger partial charge in [0.15, 0.2) is 0 Å². The number of benzene rings is 1. The summed E-state index contributed by atoms with van der Waals surface area (Å²) in [4.78, 5) is 17.5. The zero-order valence-corrected chi connectivity index (χ0v) is 9.93. The van der Waals surface area contributed by atoms with Gasteiger partial charge < -0.3 is 9.79 Å². The summed E-state index contributed by atoms with van der Waals surface area (Å²) < 4.78 is 18.8. The molecule has 0 unspecified atom stereocenters. The van der Waals surface area contributed by atoms with Crippen LogP contribution in [0.1, 0.15) is 5.56 Å². The molecule has 1 aromatic heterocycles. The number of hydrogen-bond donors (Lipinski definition) is 2. The van der Waals surface area contributed by atoms with Crippen LogP contribution in [0.15, 0.2) is 18.2 Å². The normalized spacial score (nSPS) is 12.1. The largest absolute Gasteiger partial charge is 0.384 e. The van der Waals surface area contributed by atoms with Crippen LogP contribution in [-0.4, -0.2) is 18.5 Å². The molecule has 2 N–H and O–H groups in total. The number of nitrogens with zero attached hydrogens (tertiary/aromatic N) is 2. The van der Waals surface area contributed by atoms with Crippen LogP contribution in [0.25, 0.3) is 11.0 Å². The molecule has 0 amide bonds. The fourth-order valence-corrected chi connectivity index (χ4v) is 3.16. The summed E-state index contributed by atoms with van der Waals surface area (Å²) in [5.41, 5.74) is 2.29. The van der Waals surface area contributed by atoms with Gasteiger partial charge in [0.1, 0.15) is 11.0 Å². The topological polar surface area (TPSA) is 83.3 Å². The molecule has 1 aromatic carbocycles. The molecule has 1 heterocycles. The van der Waals surface area contributed by atoms with E-state index in [0.717, 1.165) is 28.3 Å². The predicted octanol–water partition coefficient (Wildman–Crippen LogP) is 2.02. The second-order valence-electron chi connectivity index (χ2n) is 2.81. The predicted molar refractivity (Wildman–Crippen MR) is 60.8 cm³/mol. The minimum atomic E-state index is -4.02. The first kappa shape index (κ1) is 11.0. The van der Waals surface area contributed by atoms with Crippen LogP contribution >= 0.6 is 29.9 Å². The molecule has 0 aliphatic rings. The first-order valence-corrected chi connectivity index (χ1v) is 7.90. The molecule has 2 rings (SSSR count). The zero-order chi connectivity index (χ0) is 10.9. The van der Waals surface area contributed by atoms with E-state index in [1.165, 1.54) is 0 Å². The van der Waals surface area contributed by atoms with Gasteiger partial charge in [0.05, 0.1) is 11.7 Å². The average Bonchev–Trinajstić information content (AvgIpc) is 2.61. The van der Waals surface area contributed by atoms with Crippen molar-refractivity contribution in [1.29, 1.82) is 0 Å². The lowest BCUT2D eigenvalue weighted by molar-refractivity contribution is 0.397. The summed E-state index contributed by atoms with van der Waals surface area (Å²) >= 11 is 1.71. The van der Waals surface area contributed by atoms with Gasteiger partial charge in [-0.25, -0.2) is 4.57 Å². The highest BCUT2D eigenvalue weighted by molar-refractivity contribution is 8.54. The molecule has 0 aliphatic carbocycles. The Morgan fingerprint density at radius 1 is 1.40 bits per heavy atom. The molecule has 15 heavy (non-hydrogen) atoms. The number of hydrogen-bond acceptors (Lipinski definition) is 5. The van der Waals surface area contributed by atoms with Crippen LogP contribution < -0.4 is 0 Å². The van der Waals surface area contributed by atoms with E-state index < -0.39 is 6.80 Å². The maximum absolute atomic E-state index is 10.7. The lowest BCUT2D eigenvalue weighted by atomic mass is 10.2. The summed E-state index contributed by atoms with van der Waals surface area (Å²) in [7, 11) is 0. The van der Waals surface area contributed by atoms with Gasteiger partial charge in [0, 0.05) is 5.75 Å². The molecule has 2 aromatic rings. The van der Waals surface area contributed by atoms with E-state index in [1.807, 2.05) is 6.07 Å². The Kier molecular flexibility index (Phi) is 3.08. The summed E-state index contributed by atoms with van der Waals surface area (Å²) in [6, 6.07) is 5.43. The Bertz CT molecular complexity index is 524. The second kappa shape index (κ2) is 4.19. The molecule has 0 saturated carbocycles. The third kappa shape index (κ3) is 2.76. The monoisotopic (exact) mass is 262 g/mol. The molecule has 0 spiro atoms. The lowest BCUT2D eigenvalue weighted by Gasteiger charge is -2.03. The van der Waals surface area contributed by atoms with Crippen LogP contribution in [0, 0.1) is 0 Å². The molecular formula is C7H7N2O3PS2. The fraction of sp³-hybridized carbons (Fsp3) is 0.143. The summed E-state index contributed by atoms with van der Waals surface area (Å²) in [5.74, 6) is 0.243. The van der Waals surface area contributed by atoms with Crippen LogP contribution in [0.2, 0.25) is 0 Å². The van der Waals surface area contributed by atoms with Crippen molar-refractivity contribution in [1.82, 2.24) is 8.75 Å². The summed E-state index contributed by atoms with van der Waals surface area (Å²) in [6.45, 7) is -4.02. The minimum absolute atomic E-state index is 0.243. The van der Waals surface area contributed by atoms with Crippen molar-refractivity contribution in [2.45, 2.75) is 5.75 Å². The van der Waals surface area contributed by atoms with Crippen molar-refractivity contribution in [2.75, 3.05) is 0 Å². The smallest absolute Gasteiger partial charge is 0.317 e. The first-order valence-electron chi connectivity index (χ1n) is 3.96. The van der Waals surface area contributed by atoms with Crippen molar-refractivity contribution in [3.8, 4) is 0 Å². The highest BCUT2D eigenvalue weighted by Crippen LogP contribution is 2.51.